The van der Waals surface area contributed by atoms with E-state index in [1.807, 2.05) is 23.1 Å². The maximum atomic E-state index is 12.6. The average Bonchev–Trinajstić information content (AvgIpc) is 2.54. The Hall–Kier alpha value is -1.88. The molecule has 1 aliphatic heterocycles. The highest BCUT2D eigenvalue weighted by Gasteiger charge is 2.22. The molecule has 1 fully saturated rings. The monoisotopic (exact) mass is 317 g/mol. The predicted octanol–water partition coefficient (Wildman–Crippen LogP) is 2.45. The molecule has 1 saturated heterocycles. The zero-order chi connectivity index (χ0) is 16.8. The largest absolute Gasteiger partial charge is 0.336 e. The minimum absolute atomic E-state index is 0.0433. The summed E-state index contributed by atoms with van der Waals surface area (Å²) in [5.74, 6) is 0.648. The van der Waals surface area contributed by atoms with Crippen LogP contribution in [-0.2, 0) is 4.79 Å². The molecular formula is C18H27N3O2. The Bertz CT molecular complexity index is 549. The van der Waals surface area contributed by atoms with Crippen molar-refractivity contribution in [1.82, 2.24) is 9.80 Å². The van der Waals surface area contributed by atoms with Crippen LogP contribution in [0, 0.1) is 5.92 Å². The summed E-state index contributed by atoms with van der Waals surface area (Å²) in [4.78, 5) is 28.4. The van der Waals surface area contributed by atoms with Crippen LogP contribution in [0.4, 0.5) is 5.69 Å². The lowest BCUT2D eigenvalue weighted by molar-refractivity contribution is -0.115. The third-order valence-corrected chi connectivity index (χ3v) is 4.00. The predicted molar refractivity (Wildman–Crippen MR) is 92.5 cm³/mol. The van der Waals surface area contributed by atoms with Crippen molar-refractivity contribution >= 4 is 17.5 Å². The van der Waals surface area contributed by atoms with E-state index in [1.165, 1.54) is 0 Å². The van der Waals surface area contributed by atoms with Gasteiger partial charge in [0.25, 0.3) is 5.91 Å². The maximum Gasteiger partial charge on any atom is 0.254 e. The summed E-state index contributed by atoms with van der Waals surface area (Å²) in [5, 5.41) is 2.80. The SMILES string of the molecule is CCC(=O)Nc1cccc(C(=O)N2CCN(CC(C)C)CC2)c1. The lowest BCUT2D eigenvalue weighted by Crippen LogP contribution is -2.49. The molecule has 0 spiro atoms. The van der Waals surface area contributed by atoms with Crippen molar-refractivity contribution in [2.75, 3.05) is 38.0 Å². The Kier molecular flexibility index (Phi) is 6.16. The van der Waals surface area contributed by atoms with Crippen LogP contribution >= 0.6 is 0 Å². The molecule has 0 unspecified atom stereocenters. The number of nitrogens with zero attached hydrogens (tertiary/aromatic N) is 2. The van der Waals surface area contributed by atoms with Gasteiger partial charge < -0.3 is 10.2 Å². The van der Waals surface area contributed by atoms with E-state index in [0.29, 0.717) is 23.6 Å². The van der Waals surface area contributed by atoms with Gasteiger partial charge in [-0.05, 0) is 24.1 Å². The van der Waals surface area contributed by atoms with Gasteiger partial charge in [-0.25, -0.2) is 0 Å². The van der Waals surface area contributed by atoms with E-state index in [1.54, 1.807) is 13.0 Å². The first-order valence-electron chi connectivity index (χ1n) is 8.41. The molecule has 1 aromatic carbocycles. The van der Waals surface area contributed by atoms with Crippen LogP contribution in [0.1, 0.15) is 37.6 Å². The van der Waals surface area contributed by atoms with Crippen LogP contribution in [0.25, 0.3) is 0 Å². The Morgan fingerprint density at radius 2 is 1.87 bits per heavy atom. The standard InChI is InChI=1S/C18H27N3O2/c1-4-17(22)19-16-7-5-6-15(12-16)18(23)21-10-8-20(9-11-21)13-14(2)3/h5-7,12,14H,4,8-11,13H2,1-3H3,(H,19,22). The summed E-state index contributed by atoms with van der Waals surface area (Å²) in [7, 11) is 0. The molecule has 0 radical (unpaired) electrons. The van der Waals surface area contributed by atoms with E-state index >= 15 is 0 Å². The lowest BCUT2D eigenvalue weighted by Gasteiger charge is -2.35. The van der Waals surface area contributed by atoms with E-state index in [9.17, 15) is 9.59 Å². The van der Waals surface area contributed by atoms with E-state index in [-0.39, 0.29) is 11.8 Å². The van der Waals surface area contributed by atoms with Gasteiger partial charge in [0, 0.05) is 50.4 Å². The first-order chi connectivity index (χ1) is 11.0. The Labute approximate surface area is 138 Å². The third-order valence-electron chi connectivity index (χ3n) is 4.00. The summed E-state index contributed by atoms with van der Waals surface area (Å²) >= 11 is 0. The van der Waals surface area contributed by atoms with Crippen molar-refractivity contribution in [3.8, 4) is 0 Å². The average molecular weight is 317 g/mol. The Morgan fingerprint density at radius 3 is 2.48 bits per heavy atom. The molecule has 1 heterocycles. The number of piperazine rings is 1. The van der Waals surface area contributed by atoms with Gasteiger partial charge in [-0.2, -0.15) is 0 Å². The number of benzene rings is 1. The van der Waals surface area contributed by atoms with Gasteiger partial charge in [-0.1, -0.05) is 26.8 Å². The second kappa shape index (κ2) is 8.11. The second-order valence-corrected chi connectivity index (χ2v) is 6.47. The van der Waals surface area contributed by atoms with Gasteiger partial charge in [-0.3, -0.25) is 14.5 Å². The molecule has 1 aliphatic rings. The third kappa shape index (κ3) is 5.06. The van der Waals surface area contributed by atoms with Crippen molar-refractivity contribution < 1.29 is 9.59 Å². The Morgan fingerprint density at radius 1 is 1.17 bits per heavy atom. The van der Waals surface area contributed by atoms with Crippen LogP contribution in [-0.4, -0.2) is 54.3 Å². The number of rotatable bonds is 5. The number of anilines is 1. The fourth-order valence-electron chi connectivity index (χ4n) is 2.81. The number of nitrogens with one attached hydrogen (secondary N) is 1. The van der Waals surface area contributed by atoms with E-state index < -0.39 is 0 Å². The maximum absolute atomic E-state index is 12.6. The second-order valence-electron chi connectivity index (χ2n) is 6.47. The van der Waals surface area contributed by atoms with Crippen LogP contribution in [0.15, 0.2) is 24.3 Å². The molecule has 1 aromatic rings. The smallest absolute Gasteiger partial charge is 0.254 e. The van der Waals surface area contributed by atoms with Crippen molar-refractivity contribution in [2.45, 2.75) is 27.2 Å². The number of carbonyl (C=O) groups excluding carboxylic acids is 2. The molecule has 5 nitrogen and oxygen atoms in total. The minimum atomic E-state index is -0.0445. The number of hydrogen-bond acceptors (Lipinski definition) is 3. The molecule has 0 aliphatic carbocycles. The highest BCUT2D eigenvalue weighted by molar-refractivity contribution is 5.97. The minimum Gasteiger partial charge on any atom is -0.336 e. The number of carbonyl (C=O) groups is 2. The molecule has 5 heteroatoms. The molecule has 2 rings (SSSR count). The van der Waals surface area contributed by atoms with Crippen LogP contribution in [0.5, 0.6) is 0 Å². The van der Waals surface area contributed by atoms with E-state index in [2.05, 4.69) is 24.1 Å². The molecule has 0 aromatic heterocycles. The van der Waals surface area contributed by atoms with E-state index in [4.69, 9.17) is 0 Å². The van der Waals surface area contributed by atoms with Crippen molar-refractivity contribution in [1.29, 1.82) is 0 Å². The lowest BCUT2D eigenvalue weighted by atomic mass is 10.1. The van der Waals surface area contributed by atoms with Crippen molar-refractivity contribution in [3.05, 3.63) is 29.8 Å². The first kappa shape index (κ1) is 17.5. The molecule has 0 bridgehead atoms. The first-order valence-corrected chi connectivity index (χ1v) is 8.41. The van der Waals surface area contributed by atoms with Crippen molar-refractivity contribution in [3.63, 3.8) is 0 Å². The topological polar surface area (TPSA) is 52.7 Å². The van der Waals surface area contributed by atoms with Crippen LogP contribution in [0.3, 0.4) is 0 Å². The molecule has 0 atom stereocenters. The summed E-state index contributed by atoms with van der Waals surface area (Å²) in [6, 6.07) is 7.19. The molecule has 2 amide bonds. The highest BCUT2D eigenvalue weighted by atomic mass is 16.2. The van der Waals surface area contributed by atoms with Crippen LogP contribution < -0.4 is 5.32 Å². The molecule has 23 heavy (non-hydrogen) atoms. The van der Waals surface area contributed by atoms with Gasteiger partial charge >= 0.3 is 0 Å². The summed E-state index contributed by atoms with van der Waals surface area (Å²) in [6.07, 6.45) is 0.427. The number of hydrogen-bond donors (Lipinski definition) is 1. The number of amides is 2. The van der Waals surface area contributed by atoms with Gasteiger partial charge in [0.1, 0.15) is 0 Å². The van der Waals surface area contributed by atoms with Gasteiger partial charge in [-0.15, -0.1) is 0 Å². The fraction of sp³-hybridized carbons (Fsp3) is 0.556. The quantitative estimate of drug-likeness (QED) is 0.907. The zero-order valence-corrected chi connectivity index (χ0v) is 14.3. The molecule has 1 N–H and O–H groups in total. The summed E-state index contributed by atoms with van der Waals surface area (Å²) < 4.78 is 0. The summed E-state index contributed by atoms with van der Waals surface area (Å²) in [6.45, 7) is 10.7. The summed E-state index contributed by atoms with van der Waals surface area (Å²) in [5.41, 5.74) is 1.32. The Balaban J connectivity index is 1.96. The van der Waals surface area contributed by atoms with Crippen molar-refractivity contribution in [2.24, 2.45) is 5.92 Å². The van der Waals surface area contributed by atoms with E-state index in [0.717, 1.165) is 32.7 Å². The van der Waals surface area contributed by atoms with Gasteiger partial charge in [0.15, 0.2) is 0 Å². The molecule has 126 valence electrons. The van der Waals surface area contributed by atoms with Crippen LogP contribution in [0.2, 0.25) is 0 Å². The van der Waals surface area contributed by atoms with Gasteiger partial charge in [0.2, 0.25) is 5.91 Å². The van der Waals surface area contributed by atoms with Gasteiger partial charge in [0.05, 0.1) is 0 Å². The normalized spacial score (nSPS) is 15.7. The fourth-order valence-corrected chi connectivity index (χ4v) is 2.81. The highest BCUT2D eigenvalue weighted by Crippen LogP contribution is 2.15. The molecule has 0 saturated carbocycles. The zero-order valence-electron chi connectivity index (χ0n) is 14.3. The molecular weight excluding hydrogens is 290 g/mol.